The molecule has 37 heavy (non-hydrogen) atoms. The maximum atomic E-state index is 5.29. The molecule has 0 saturated heterocycles. The van der Waals surface area contributed by atoms with E-state index in [0.29, 0.717) is 11.5 Å². The van der Waals surface area contributed by atoms with Crippen LogP contribution in [0.4, 0.5) is 0 Å². The summed E-state index contributed by atoms with van der Waals surface area (Å²) in [5.41, 5.74) is 9.12. The average Bonchev–Trinajstić information content (AvgIpc) is 3.74. The first-order valence-electron chi connectivity index (χ1n) is 12.8. The summed E-state index contributed by atoms with van der Waals surface area (Å²) in [6.45, 7) is 1.89. The Kier molecular flexibility index (Phi) is 5.51. The van der Waals surface area contributed by atoms with Crippen molar-refractivity contribution < 1.29 is 4.42 Å². The molecule has 1 aliphatic rings. The molecule has 0 atom stereocenters. The van der Waals surface area contributed by atoms with Crippen LogP contribution in [0.1, 0.15) is 31.2 Å². The molecule has 8 nitrogen and oxygen atoms in total. The van der Waals surface area contributed by atoms with Crippen molar-refractivity contribution >= 4 is 22.1 Å². The number of nitrogens with zero attached hydrogens (tertiary/aromatic N) is 4. The van der Waals surface area contributed by atoms with E-state index in [1.807, 2.05) is 48.8 Å². The summed E-state index contributed by atoms with van der Waals surface area (Å²) in [6.07, 6.45) is 12.6. The van der Waals surface area contributed by atoms with Gasteiger partial charge in [0.25, 0.3) is 0 Å². The smallest absolute Gasteiger partial charge is 0.161 e. The average molecular weight is 490 g/mol. The first kappa shape index (κ1) is 21.9. The molecule has 0 aliphatic heterocycles. The van der Waals surface area contributed by atoms with Crippen molar-refractivity contribution in [2.75, 3.05) is 6.54 Å². The van der Waals surface area contributed by atoms with Gasteiger partial charge in [-0.25, -0.2) is 9.97 Å². The highest BCUT2D eigenvalue weighted by Gasteiger charge is 2.17. The molecule has 3 N–H and O–H groups in total. The second kappa shape index (κ2) is 9.29. The van der Waals surface area contributed by atoms with E-state index in [1.54, 1.807) is 12.5 Å². The number of fused-ring (bicyclic) bond motifs is 2. The van der Waals surface area contributed by atoms with Crippen LogP contribution in [0.15, 0.2) is 71.8 Å². The Morgan fingerprint density at radius 2 is 1.89 bits per heavy atom. The molecule has 0 radical (unpaired) electrons. The number of furan rings is 1. The van der Waals surface area contributed by atoms with Gasteiger partial charge in [0.15, 0.2) is 11.5 Å². The van der Waals surface area contributed by atoms with Crippen LogP contribution >= 0.6 is 0 Å². The normalized spacial score (nSPS) is 14.3. The summed E-state index contributed by atoms with van der Waals surface area (Å²) in [4.78, 5) is 17.8. The molecular weight excluding hydrogens is 462 g/mol. The summed E-state index contributed by atoms with van der Waals surface area (Å²) in [6, 6.07) is 14.2. The summed E-state index contributed by atoms with van der Waals surface area (Å²) < 4.78 is 5.29. The number of H-pyrrole nitrogens is 2. The highest BCUT2D eigenvalue weighted by Crippen LogP contribution is 2.32. The largest absolute Gasteiger partial charge is 0.472 e. The first-order chi connectivity index (χ1) is 18.3. The molecule has 8 heteroatoms. The van der Waals surface area contributed by atoms with E-state index in [0.717, 1.165) is 69.0 Å². The van der Waals surface area contributed by atoms with Crippen molar-refractivity contribution in [3.8, 4) is 33.9 Å². The molecule has 1 aromatic carbocycles. The van der Waals surface area contributed by atoms with Crippen LogP contribution in [0, 0.1) is 5.92 Å². The van der Waals surface area contributed by atoms with Gasteiger partial charge in [0.05, 0.1) is 34.8 Å². The van der Waals surface area contributed by atoms with Crippen LogP contribution in [0.25, 0.3) is 56.0 Å². The lowest BCUT2D eigenvalue weighted by atomic mass is 10.1. The number of aromatic nitrogens is 6. The van der Waals surface area contributed by atoms with Gasteiger partial charge in [0.2, 0.25) is 0 Å². The highest BCUT2D eigenvalue weighted by molar-refractivity contribution is 5.96. The van der Waals surface area contributed by atoms with Gasteiger partial charge in [-0.2, -0.15) is 5.10 Å². The number of rotatable bonds is 7. The number of aromatic amines is 2. The van der Waals surface area contributed by atoms with E-state index in [9.17, 15) is 0 Å². The Balaban J connectivity index is 1.20. The Hall–Kier alpha value is -4.30. The zero-order valence-electron chi connectivity index (χ0n) is 20.4. The second-order valence-electron chi connectivity index (χ2n) is 9.83. The van der Waals surface area contributed by atoms with Gasteiger partial charge in [-0.3, -0.25) is 10.1 Å². The second-order valence-corrected chi connectivity index (χ2v) is 9.83. The lowest BCUT2D eigenvalue weighted by Gasteiger charge is -2.11. The fourth-order valence-electron chi connectivity index (χ4n) is 5.38. The molecule has 0 spiro atoms. The van der Waals surface area contributed by atoms with Crippen molar-refractivity contribution in [2.24, 2.45) is 5.92 Å². The Morgan fingerprint density at radius 1 is 0.946 bits per heavy atom. The Bertz CT molecular complexity index is 1680. The molecule has 0 amide bonds. The lowest BCUT2D eigenvalue weighted by molar-refractivity contribution is 0.489. The quantitative estimate of drug-likeness (QED) is 0.250. The SMILES string of the molecule is c1cc(-c2ccoc2)c2nc(-c3n[nH]c4ccc(-c5cncc(CNCC6CCCC6)c5)nc34)[nH]c2c1. The van der Waals surface area contributed by atoms with Gasteiger partial charge in [-0.1, -0.05) is 25.0 Å². The molecule has 5 heterocycles. The fourth-order valence-corrected chi connectivity index (χ4v) is 5.38. The van der Waals surface area contributed by atoms with E-state index in [1.165, 1.54) is 25.7 Å². The number of hydrogen-bond donors (Lipinski definition) is 3. The van der Waals surface area contributed by atoms with E-state index in [-0.39, 0.29) is 0 Å². The Morgan fingerprint density at radius 3 is 2.78 bits per heavy atom. The maximum Gasteiger partial charge on any atom is 0.161 e. The topological polar surface area (TPSA) is 108 Å². The number of benzene rings is 1. The van der Waals surface area contributed by atoms with E-state index in [4.69, 9.17) is 14.4 Å². The predicted molar refractivity (Wildman–Crippen MR) is 144 cm³/mol. The van der Waals surface area contributed by atoms with Gasteiger partial charge in [-0.05, 0) is 61.2 Å². The number of imidazole rings is 1. The molecule has 6 aromatic rings. The van der Waals surface area contributed by atoms with E-state index >= 15 is 0 Å². The first-order valence-corrected chi connectivity index (χ1v) is 12.8. The Labute approximate surface area is 213 Å². The van der Waals surface area contributed by atoms with Crippen molar-refractivity contribution in [2.45, 2.75) is 32.2 Å². The number of hydrogen-bond acceptors (Lipinski definition) is 6. The lowest BCUT2D eigenvalue weighted by Crippen LogP contribution is -2.20. The summed E-state index contributed by atoms with van der Waals surface area (Å²) >= 11 is 0. The summed E-state index contributed by atoms with van der Waals surface area (Å²) in [7, 11) is 0. The van der Waals surface area contributed by atoms with Crippen molar-refractivity contribution in [1.29, 1.82) is 0 Å². The molecule has 0 bridgehead atoms. The van der Waals surface area contributed by atoms with Crippen LogP contribution in [-0.2, 0) is 6.54 Å². The molecule has 1 fully saturated rings. The third-order valence-electron chi connectivity index (χ3n) is 7.30. The van der Waals surface area contributed by atoms with E-state index in [2.05, 4.69) is 31.5 Å². The van der Waals surface area contributed by atoms with Gasteiger partial charge in [0, 0.05) is 35.6 Å². The van der Waals surface area contributed by atoms with Crippen molar-refractivity contribution in [3.63, 3.8) is 0 Å². The van der Waals surface area contributed by atoms with Crippen LogP contribution < -0.4 is 5.32 Å². The molecule has 1 aliphatic carbocycles. The molecular formula is C29H27N7O. The molecule has 184 valence electrons. The summed E-state index contributed by atoms with van der Waals surface area (Å²) in [5, 5.41) is 11.3. The number of nitrogens with one attached hydrogen (secondary N) is 3. The summed E-state index contributed by atoms with van der Waals surface area (Å²) in [5.74, 6) is 1.48. The van der Waals surface area contributed by atoms with Crippen molar-refractivity contribution in [3.05, 3.63) is 72.9 Å². The van der Waals surface area contributed by atoms with Gasteiger partial charge >= 0.3 is 0 Å². The zero-order chi connectivity index (χ0) is 24.6. The minimum absolute atomic E-state index is 0.671. The van der Waals surface area contributed by atoms with E-state index < -0.39 is 0 Å². The fraction of sp³-hybridized carbons (Fsp3) is 0.241. The number of pyridine rings is 2. The molecule has 7 rings (SSSR count). The standard InChI is InChI=1S/C29H27N7O/c1-2-5-18(4-1)13-30-14-19-12-21(16-31-15-19)23-8-9-25-27(32-23)28(36-35-25)29-33-24-7-3-6-22(26(24)34-29)20-10-11-37-17-20/h3,6-12,15-18,30H,1-2,4-5,13-14H2,(H,33,34)(H,35,36). The third kappa shape index (κ3) is 4.19. The van der Waals surface area contributed by atoms with Gasteiger partial charge in [0.1, 0.15) is 5.52 Å². The monoisotopic (exact) mass is 489 g/mol. The van der Waals surface area contributed by atoms with Crippen LogP contribution in [-0.4, -0.2) is 36.7 Å². The minimum atomic E-state index is 0.671. The predicted octanol–water partition coefficient (Wildman–Crippen LogP) is 6.10. The maximum absolute atomic E-state index is 5.29. The van der Waals surface area contributed by atoms with Gasteiger partial charge < -0.3 is 14.7 Å². The third-order valence-corrected chi connectivity index (χ3v) is 7.30. The zero-order valence-corrected chi connectivity index (χ0v) is 20.4. The minimum Gasteiger partial charge on any atom is -0.472 e. The van der Waals surface area contributed by atoms with Gasteiger partial charge in [-0.15, -0.1) is 0 Å². The van der Waals surface area contributed by atoms with Crippen LogP contribution in [0.2, 0.25) is 0 Å². The van der Waals surface area contributed by atoms with Crippen LogP contribution in [0.3, 0.4) is 0 Å². The highest BCUT2D eigenvalue weighted by atomic mass is 16.3. The van der Waals surface area contributed by atoms with Crippen LogP contribution in [0.5, 0.6) is 0 Å². The number of para-hydroxylation sites is 1. The van der Waals surface area contributed by atoms with Crippen molar-refractivity contribution in [1.82, 2.24) is 35.5 Å². The molecule has 1 saturated carbocycles. The molecule has 0 unspecified atom stereocenters. The molecule has 5 aromatic heterocycles.